The van der Waals surface area contributed by atoms with Gasteiger partial charge in [0.1, 0.15) is 5.82 Å². The Morgan fingerprint density at radius 1 is 1.39 bits per heavy atom. The largest absolute Gasteiger partial charge is 0.333 e. The number of imidazole rings is 1. The molecule has 0 fully saturated rings. The molecule has 0 saturated heterocycles. The van der Waals surface area contributed by atoms with E-state index in [-0.39, 0.29) is 5.91 Å². The number of halogens is 1. The summed E-state index contributed by atoms with van der Waals surface area (Å²) in [6.07, 6.45) is 7.36. The topological polar surface area (TPSA) is 38.1 Å². The Balaban J connectivity index is 1.90. The maximum Gasteiger partial charge on any atom is 0.259 e. The van der Waals surface area contributed by atoms with Crippen LogP contribution in [0.15, 0.2) is 30.5 Å². The second-order valence-corrected chi connectivity index (χ2v) is 6.42. The van der Waals surface area contributed by atoms with Gasteiger partial charge < -0.3 is 4.57 Å². The number of hydrogen-bond acceptors (Lipinski definition) is 2. The number of amides is 1. The fourth-order valence-corrected chi connectivity index (χ4v) is 3.13. The molecular formula is C18H22ClN3O. The van der Waals surface area contributed by atoms with Gasteiger partial charge in [-0.25, -0.2) is 4.98 Å². The molecule has 0 spiro atoms. The van der Waals surface area contributed by atoms with Gasteiger partial charge >= 0.3 is 0 Å². The third kappa shape index (κ3) is 3.58. The van der Waals surface area contributed by atoms with Crippen LogP contribution in [-0.4, -0.2) is 22.0 Å². The van der Waals surface area contributed by atoms with Crippen molar-refractivity contribution in [3.05, 3.63) is 46.9 Å². The van der Waals surface area contributed by atoms with Crippen molar-refractivity contribution in [2.24, 2.45) is 0 Å². The number of rotatable bonds is 5. The van der Waals surface area contributed by atoms with Gasteiger partial charge in [-0.1, -0.05) is 31.0 Å². The Kier molecular flexibility index (Phi) is 5.01. The number of fused-ring (bicyclic) bond motifs is 1. The Labute approximate surface area is 142 Å². The van der Waals surface area contributed by atoms with Gasteiger partial charge in [-0.3, -0.25) is 9.69 Å². The standard InChI is InChI=1S/C18H22ClN3O/c1-2-3-11-22(18(23)14-7-6-8-15(19)12-14)17-13-21-10-5-4-9-16(21)20-17/h6-8,12-13H,2-5,9-11H2,1H3. The lowest BCUT2D eigenvalue weighted by atomic mass is 10.2. The average Bonchev–Trinajstić information content (AvgIpc) is 2.98. The summed E-state index contributed by atoms with van der Waals surface area (Å²) in [5, 5.41) is 0.579. The van der Waals surface area contributed by atoms with Crippen LogP contribution >= 0.6 is 11.6 Å². The van der Waals surface area contributed by atoms with Gasteiger partial charge in [0.25, 0.3) is 5.91 Å². The lowest BCUT2D eigenvalue weighted by Crippen LogP contribution is -2.32. The van der Waals surface area contributed by atoms with E-state index in [4.69, 9.17) is 16.6 Å². The summed E-state index contributed by atoms with van der Waals surface area (Å²) >= 11 is 6.04. The molecule has 1 amide bonds. The highest BCUT2D eigenvalue weighted by Crippen LogP contribution is 2.23. The summed E-state index contributed by atoms with van der Waals surface area (Å²) < 4.78 is 2.18. The predicted molar refractivity (Wildman–Crippen MR) is 93.2 cm³/mol. The third-order valence-corrected chi connectivity index (χ3v) is 4.46. The van der Waals surface area contributed by atoms with Gasteiger partial charge in [-0.05, 0) is 37.5 Å². The lowest BCUT2D eigenvalue weighted by molar-refractivity contribution is 0.0986. The van der Waals surface area contributed by atoms with Crippen molar-refractivity contribution in [1.82, 2.24) is 9.55 Å². The zero-order valence-electron chi connectivity index (χ0n) is 13.5. The molecule has 2 aromatic rings. The molecule has 2 heterocycles. The molecule has 5 heteroatoms. The molecule has 23 heavy (non-hydrogen) atoms. The number of carbonyl (C=O) groups excluding carboxylic acids is 1. The van der Waals surface area contributed by atoms with Crippen LogP contribution in [0, 0.1) is 0 Å². The van der Waals surface area contributed by atoms with Crippen LogP contribution < -0.4 is 4.90 Å². The molecule has 1 aliphatic heterocycles. The second-order valence-electron chi connectivity index (χ2n) is 5.99. The first kappa shape index (κ1) is 16.1. The molecule has 3 rings (SSSR count). The van der Waals surface area contributed by atoms with Crippen molar-refractivity contribution in [3.8, 4) is 0 Å². The zero-order chi connectivity index (χ0) is 16.2. The Morgan fingerprint density at radius 2 is 2.26 bits per heavy atom. The van der Waals surface area contributed by atoms with E-state index in [1.54, 1.807) is 17.0 Å². The van der Waals surface area contributed by atoms with E-state index in [1.165, 1.54) is 12.8 Å². The number of hydrogen-bond donors (Lipinski definition) is 0. The maximum atomic E-state index is 12.9. The molecule has 0 radical (unpaired) electrons. The van der Waals surface area contributed by atoms with Crippen LogP contribution in [0.1, 0.15) is 48.8 Å². The molecule has 1 aromatic carbocycles. The molecular weight excluding hydrogens is 310 g/mol. The molecule has 0 atom stereocenters. The monoisotopic (exact) mass is 331 g/mol. The zero-order valence-corrected chi connectivity index (χ0v) is 14.2. The second kappa shape index (κ2) is 7.18. The number of anilines is 1. The first-order valence-corrected chi connectivity index (χ1v) is 8.70. The van der Waals surface area contributed by atoms with Crippen LogP contribution in [0.2, 0.25) is 5.02 Å². The molecule has 1 aliphatic rings. The Bertz CT molecular complexity index is 672. The quantitative estimate of drug-likeness (QED) is 0.818. The van der Waals surface area contributed by atoms with Gasteiger partial charge in [0.2, 0.25) is 0 Å². The Hall–Kier alpha value is -1.81. The lowest BCUT2D eigenvalue weighted by Gasteiger charge is -2.20. The molecule has 0 N–H and O–H groups in total. The highest BCUT2D eigenvalue weighted by atomic mass is 35.5. The van der Waals surface area contributed by atoms with E-state index in [0.717, 1.165) is 37.4 Å². The van der Waals surface area contributed by atoms with Gasteiger partial charge in [0.05, 0.1) is 0 Å². The maximum absolute atomic E-state index is 12.9. The highest BCUT2D eigenvalue weighted by Gasteiger charge is 2.22. The van der Waals surface area contributed by atoms with E-state index >= 15 is 0 Å². The molecule has 0 unspecified atom stereocenters. The first-order valence-electron chi connectivity index (χ1n) is 8.32. The minimum absolute atomic E-state index is 0.0311. The summed E-state index contributed by atoms with van der Waals surface area (Å²) in [5.41, 5.74) is 0.611. The van der Waals surface area contributed by atoms with Gasteiger partial charge in [0.15, 0.2) is 5.82 Å². The van der Waals surface area contributed by atoms with Crippen LogP contribution in [0.25, 0.3) is 0 Å². The average molecular weight is 332 g/mol. The SMILES string of the molecule is CCCCN(C(=O)c1cccc(Cl)c1)c1cn2c(n1)CCCC2. The minimum atomic E-state index is -0.0311. The summed E-state index contributed by atoms with van der Waals surface area (Å²) in [7, 11) is 0. The molecule has 0 aliphatic carbocycles. The molecule has 4 nitrogen and oxygen atoms in total. The van der Waals surface area contributed by atoms with Crippen molar-refractivity contribution in [3.63, 3.8) is 0 Å². The third-order valence-electron chi connectivity index (χ3n) is 4.22. The molecule has 0 bridgehead atoms. The summed E-state index contributed by atoms with van der Waals surface area (Å²) in [6, 6.07) is 7.12. The number of unbranched alkanes of at least 4 members (excludes halogenated alkanes) is 1. The molecule has 0 saturated carbocycles. The van der Waals surface area contributed by atoms with Crippen molar-refractivity contribution in [1.29, 1.82) is 0 Å². The van der Waals surface area contributed by atoms with Crippen LogP contribution in [0.5, 0.6) is 0 Å². The number of aromatic nitrogens is 2. The van der Waals surface area contributed by atoms with Gasteiger partial charge in [-0.2, -0.15) is 0 Å². The number of aryl methyl sites for hydroxylation is 2. The number of benzene rings is 1. The van der Waals surface area contributed by atoms with E-state index in [1.807, 2.05) is 18.3 Å². The normalized spacial score (nSPS) is 13.7. The van der Waals surface area contributed by atoms with Crippen molar-refractivity contribution in [2.45, 2.75) is 45.6 Å². The Morgan fingerprint density at radius 3 is 3.00 bits per heavy atom. The smallest absolute Gasteiger partial charge is 0.259 e. The van der Waals surface area contributed by atoms with Gasteiger partial charge in [0, 0.05) is 36.3 Å². The molecule has 122 valence electrons. The van der Waals surface area contributed by atoms with Crippen molar-refractivity contribution < 1.29 is 4.79 Å². The predicted octanol–water partition coefficient (Wildman–Crippen LogP) is 4.32. The number of nitrogens with zero attached hydrogens (tertiary/aromatic N) is 3. The first-order chi connectivity index (χ1) is 11.2. The van der Waals surface area contributed by atoms with Gasteiger partial charge in [-0.15, -0.1) is 0 Å². The van der Waals surface area contributed by atoms with E-state index in [0.29, 0.717) is 17.1 Å². The van der Waals surface area contributed by atoms with Crippen LogP contribution in [0.3, 0.4) is 0 Å². The number of carbonyl (C=O) groups is 1. The van der Waals surface area contributed by atoms with Crippen molar-refractivity contribution >= 4 is 23.3 Å². The summed E-state index contributed by atoms with van der Waals surface area (Å²) in [5.74, 6) is 1.82. The van der Waals surface area contributed by atoms with E-state index in [9.17, 15) is 4.79 Å². The van der Waals surface area contributed by atoms with Crippen LogP contribution in [0.4, 0.5) is 5.82 Å². The summed E-state index contributed by atoms with van der Waals surface area (Å²) in [6.45, 7) is 3.80. The minimum Gasteiger partial charge on any atom is -0.333 e. The van der Waals surface area contributed by atoms with Crippen molar-refractivity contribution in [2.75, 3.05) is 11.4 Å². The fourth-order valence-electron chi connectivity index (χ4n) is 2.94. The summed E-state index contributed by atoms with van der Waals surface area (Å²) in [4.78, 5) is 19.4. The molecule has 1 aromatic heterocycles. The fraction of sp³-hybridized carbons (Fsp3) is 0.444. The van der Waals surface area contributed by atoms with E-state index < -0.39 is 0 Å². The van der Waals surface area contributed by atoms with E-state index in [2.05, 4.69) is 11.5 Å². The van der Waals surface area contributed by atoms with Crippen LogP contribution in [-0.2, 0) is 13.0 Å². The highest BCUT2D eigenvalue weighted by molar-refractivity contribution is 6.31.